The van der Waals surface area contributed by atoms with Gasteiger partial charge in [0, 0.05) is 18.2 Å². The lowest BCUT2D eigenvalue weighted by atomic mass is 10.0. The van der Waals surface area contributed by atoms with Crippen LogP contribution in [-0.2, 0) is 10.0 Å². The number of nitrogens with zero attached hydrogens (tertiary/aromatic N) is 2. The highest BCUT2D eigenvalue weighted by Gasteiger charge is 2.32. The van der Waals surface area contributed by atoms with E-state index in [-0.39, 0.29) is 10.6 Å². The van der Waals surface area contributed by atoms with Crippen LogP contribution in [0.15, 0.2) is 71.6 Å². The number of nitro benzene ring substituents is 1. The Balaban J connectivity index is 2.20. The largest absolute Gasteiger partial charge is 0.493 e. The second kappa shape index (κ2) is 9.27. The maximum Gasteiger partial charge on any atom is 0.269 e. The van der Waals surface area contributed by atoms with Gasteiger partial charge >= 0.3 is 0 Å². The minimum absolute atomic E-state index is 0.0571. The summed E-state index contributed by atoms with van der Waals surface area (Å²) in [5, 5.41) is 11.0. The molecule has 0 fully saturated rings. The highest BCUT2D eigenvalue weighted by Crippen LogP contribution is 2.39. The van der Waals surface area contributed by atoms with E-state index in [0.717, 1.165) is 11.1 Å². The number of sulfonamides is 1. The van der Waals surface area contributed by atoms with Crippen LogP contribution in [0.25, 0.3) is 0 Å². The molecule has 168 valence electrons. The predicted octanol–water partition coefficient (Wildman–Crippen LogP) is 4.88. The standard InChI is InChI=1S/C23H24N2O6S/c1-16-7-5-6-8-21(16)17(2)24(19-11-14-22(30-3)23(15-19)31-4)32(28,29)20-12-9-18(10-13-20)25(26)27/h5-15,17H,1-4H3/t17-/m1/s1. The lowest BCUT2D eigenvalue weighted by Crippen LogP contribution is -2.34. The first kappa shape index (κ1) is 23.1. The van der Waals surface area contributed by atoms with E-state index in [2.05, 4.69) is 0 Å². The van der Waals surface area contributed by atoms with Crippen molar-refractivity contribution in [3.05, 3.63) is 88.0 Å². The van der Waals surface area contributed by atoms with E-state index in [1.165, 1.54) is 42.8 Å². The maximum atomic E-state index is 13.8. The van der Waals surface area contributed by atoms with Gasteiger partial charge in [0.15, 0.2) is 11.5 Å². The van der Waals surface area contributed by atoms with Crippen molar-refractivity contribution in [2.75, 3.05) is 18.5 Å². The minimum atomic E-state index is -4.09. The van der Waals surface area contributed by atoms with Crippen molar-refractivity contribution in [1.29, 1.82) is 0 Å². The molecule has 3 aromatic rings. The Hall–Kier alpha value is -3.59. The Labute approximate surface area is 187 Å². The summed E-state index contributed by atoms with van der Waals surface area (Å²) in [7, 11) is -1.12. The Morgan fingerprint density at radius 2 is 1.56 bits per heavy atom. The molecule has 1 atom stereocenters. The molecular formula is C23H24N2O6S. The van der Waals surface area contributed by atoms with Gasteiger partial charge in [-0.3, -0.25) is 14.4 Å². The van der Waals surface area contributed by atoms with Gasteiger partial charge in [0.25, 0.3) is 15.7 Å². The number of methoxy groups -OCH3 is 2. The molecule has 0 bridgehead atoms. The lowest BCUT2D eigenvalue weighted by Gasteiger charge is -2.32. The van der Waals surface area contributed by atoms with E-state index in [4.69, 9.17) is 9.47 Å². The van der Waals surface area contributed by atoms with Crippen LogP contribution in [0.3, 0.4) is 0 Å². The van der Waals surface area contributed by atoms with Crippen LogP contribution >= 0.6 is 0 Å². The molecule has 0 saturated carbocycles. The number of benzene rings is 3. The molecule has 0 amide bonds. The predicted molar refractivity (Wildman–Crippen MR) is 122 cm³/mol. The van der Waals surface area contributed by atoms with Crippen LogP contribution in [0.5, 0.6) is 11.5 Å². The quantitative estimate of drug-likeness (QED) is 0.354. The van der Waals surface area contributed by atoms with Crippen molar-refractivity contribution >= 4 is 21.4 Å². The van der Waals surface area contributed by atoms with Gasteiger partial charge in [-0.1, -0.05) is 24.3 Å². The van der Waals surface area contributed by atoms with Crippen molar-refractivity contribution in [3.8, 4) is 11.5 Å². The average Bonchev–Trinajstić information content (AvgIpc) is 2.79. The molecule has 0 aromatic heterocycles. The monoisotopic (exact) mass is 456 g/mol. The summed E-state index contributed by atoms with van der Waals surface area (Å²) in [5.41, 5.74) is 1.95. The second-order valence-electron chi connectivity index (χ2n) is 7.12. The molecule has 0 aliphatic carbocycles. The Morgan fingerprint density at radius 3 is 2.12 bits per heavy atom. The first-order valence-corrected chi connectivity index (χ1v) is 11.2. The number of hydrogen-bond donors (Lipinski definition) is 0. The number of rotatable bonds is 8. The zero-order chi connectivity index (χ0) is 23.5. The number of hydrogen-bond acceptors (Lipinski definition) is 6. The van der Waals surface area contributed by atoms with Crippen LogP contribution in [0.1, 0.15) is 24.1 Å². The smallest absolute Gasteiger partial charge is 0.269 e. The molecular weight excluding hydrogens is 432 g/mol. The summed E-state index contributed by atoms with van der Waals surface area (Å²) in [6.07, 6.45) is 0. The van der Waals surface area contributed by atoms with E-state index in [0.29, 0.717) is 17.2 Å². The molecule has 0 radical (unpaired) electrons. The first-order valence-electron chi connectivity index (χ1n) is 9.77. The van der Waals surface area contributed by atoms with E-state index < -0.39 is 21.0 Å². The maximum absolute atomic E-state index is 13.8. The number of aryl methyl sites for hydroxylation is 1. The normalized spacial score (nSPS) is 12.1. The van der Waals surface area contributed by atoms with Crippen LogP contribution in [-0.4, -0.2) is 27.6 Å². The molecule has 0 unspecified atom stereocenters. The minimum Gasteiger partial charge on any atom is -0.493 e. The van der Waals surface area contributed by atoms with Gasteiger partial charge in [0.05, 0.1) is 35.8 Å². The van der Waals surface area contributed by atoms with Gasteiger partial charge in [0.2, 0.25) is 0 Å². The molecule has 32 heavy (non-hydrogen) atoms. The highest BCUT2D eigenvalue weighted by molar-refractivity contribution is 7.92. The summed E-state index contributed by atoms with van der Waals surface area (Å²) in [6.45, 7) is 3.71. The van der Waals surface area contributed by atoms with Crippen molar-refractivity contribution < 1.29 is 22.8 Å². The second-order valence-corrected chi connectivity index (χ2v) is 8.94. The molecule has 9 heteroatoms. The Kier molecular flexibility index (Phi) is 6.69. The fraction of sp³-hybridized carbons (Fsp3) is 0.217. The molecule has 0 aliphatic rings. The van der Waals surface area contributed by atoms with E-state index in [1.54, 1.807) is 25.1 Å². The van der Waals surface area contributed by atoms with E-state index in [1.807, 2.05) is 31.2 Å². The van der Waals surface area contributed by atoms with Crippen LogP contribution in [0.2, 0.25) is 0 Å². The molecule has 0 heterocycles. The molecule has 0 N–H and O–H groups in total. The number of anilines is 1. The Bertz CT molecular complexity index is 1230. The fourth-order valence-corrected chi connectivity index (χ4v) is 5.20. The number of ether oxygens (including phenoxy) is 2. The SMILES string of the molecule is COc1ccc(N([C@H](C)c2ccccc2C)S(=O)(=O)c2ccc([N+](=O)[O-])cc2)cc1OC. The zero-order valence-corrected chi connectivity index (χ0v) is 19.0. The topological polar surface area (TPSA) is 99.0 Å². The van der Waals surface area contributed by atoms with Crippen molar-refractivity contribution in [2.24, 2.45) is 0 Å². The lowest BCUT2D eigenvalue weighted by molar-refractivity contribution is -0.384. The van der Waals surface area contributed by atoms with Gasteiger partial charge in [-0.2, -0.15) is 0 Å². The summed E-state index contributed by atoms with van der Waals surface area (Å²) < 4.78 is 39.5. The number of non-ortho nitro benzene ring substituents is 1. The molecule has 8 nitrogen and oxygen atoms in total. The highest BCUT2D eigenvalue weighted by atomic mass is 32.2. The van der Waals surface area contributed by atoms with Crippen LogP contribution in [0.4, 0.5) is 11.4 Å². The fourth-order valence-electron chi connectivity index (χ4n) is 3.57. The average molecular weight is 457 g/mol. The van der Waals surface area contributed by atoms with E-state index >= 15 is 0 Å². The van der Waals surface area contributed by atoms with Crippen molar-refractivity contribution in [1.82, 2.24) is 0 Å². The third-order valence-corrected chi connectivity index (χ3v) is 7.13. The molecule has 0 saturated heterocycles. The third kappa shape index (κ3) is 4.38. The van der Waals surface area contributed by atoms with Crippen molar-refractivity contribution in [3.63, 3.8) is 0 Å². The van der Waals surface area contributed by atoms with Gasteiger partial charge in [-0.25, -0.2) is 8.42 Å². The summed E-state index contributed by atoms with van der Waals surface area (Å²) in [4.78, 5) is 10.4. The summed E-state index contributed by atoms with van der Waals surface area (Å²) in [6, 6.07) is 16.7. The first-order chi connectivity index (χ1) is 15.2. The molecule has 3 aromatic carbocycles. The van der Waals surface area contributed by atoms with Gasteiger partial charge in [0.1, 0.15) is 0 Å². The molecule has 0 aliphatic heterocycles. The third-order valence-electron chi connectivity index (χ3n) is 5.22. The van der Waals surface area contributed by atoms with Gasteiger partial charge < -0.3 is 9.47 Å². The van der Waals surface area contributed by atoms with Gasteiger partial charge in [-0.15, -0.1) is 0 Å². The Morgan fingerprint density at radius 1 is 0.938 bits per heavy atom. The van der Waals surface area contributed by atoms with Crippen LogP contribution < -0.4 is 13.8 Å². The van der Waals surface area contributed by atoms with E-state index in [9.17, 15) is 18.5 Å². The summed E-state index contributed by atoms with van der Waals surface area (Å²) >= 11 is 0. The van der Waals surface area contributed by atoms with Crippen LogP contribution in [0, 0.1) is 17.0 Å². The summed E-state index contributed by atoms with van der Waals surface area (Å²) in [5.74, 6) is 0.846. The zero-order valence-electron chi connectivity index (χ0n) is 18.2. The van der Waals surface area contributed by atoms with Crippen molar-refractivity contribution in [2.45, 2.75) is 24.8 Å². The number of nitro groups is 1. The molecule has 0 spiro atoms. The molecule has 3 rings (SSSR count). The van der Waals surface area contributed by atoms with Gasteiger partial charge in [-0.05, 0) is 49.2 Å².